The van der Waals surface area contributed by atoms with Crippen LogP contribution in [0.15, 0.2) is 36.8 Å². The second kappa shape index (κ2) is 6.35. The summed E-state index contributed by atoms with van der Waals surface area (Å²) in [4.78, 5) is 24.3. The number of urea groups is 1. The first-order chi connectivity index (χ1) is 13.4. The highest BCUT2D eigenvalue weighted by molar-refractivity contribution is 6.09. The van der Waals surface area contributed by atoms with Crippen molar-refractivity contribution in [3.8, 4) is 23.5 Å². The number of aromatic hydroxyl groups is 1. The Morgan fingerprint density at radius 1 is 1.32 bits per heavy atom. The molecule has 0 spiro atoms. The minimum atomic E-state index is -1.52. The van der Waals surface area contributed by atoms with Gasteiger partial charge in [0, 0.05) is 30.2 Å². The van der Waals surface area contributed by atoms with Gasteiger partial charge in [-0.05, 0) is 18.2 Å². The normalized spacial score (nSPS) is 18.5. The van der Waals surface area contributed by atoms with Gasteiger partial charge in [-0.2, -0.15) is 5.10 Å². The molecular weight excluding hydrogens is 362 g/mol. The summed E-state index contributed by atoms with van der Waals surface area (Å²) in [6.45, 7) is -0.0688. The number of benzene rings is 1. The highest BCUT2D eigenvalue weighted by atomic mass is 16.5. The molecule has 1 saturated heterocycles. The number of hydrogen-bond donors (Lipinski definition) is 3. The van der Waals surface area contributed by atoms with Gasteiger partial charge in [-0.3, -0.25) is 14.8 Å². The summed E-state index contributed by atoms with van der Waals surface area (Å²) in [6.07, 6.45) is 4.95. The van der Waals surface area contributed by atoms with Gasteiger partial charge >= 0.3 is 6.03 Å². The Bertz CT molecular complexity index is 1170. The van der Waals surface area contributed by atoms with Gasteiger partial charge < -0.3 is 19.7 Å². The van der Waals surface area contributed by atoms with Crippen LogP contribution >= 0.6 is 0 Å². The van der Waals surface area contributed by atoms with E-state index in [0.29, 0.717) is 16.7 Å². The molecule has 1 atom stereocenters. The Labute approximate surface area is 159 Å². The molecule has 9 nitrogen and oxygen atoms in total. The van der Waals surface area contributed by atoms with E-state index in [1.54, 1.807) is 48.5 Å². The first-order valence-corrected chi connectivity index (χ1v) is 8.41. The predicted molar refractivity (Wildman–Crippen MR) is 99.6 cm³/mol. The summed E-state index contributed by atoms with van der Waals surface area (Å²) in [7, 11) is 3.29. The highest BCUT2D eigenvalue weighted by Gasteiger charge is 2.46. The molecular formula is C19H17N5O4. The third kappa shape index (κ3) is 2.91. The van der Waals surface area contributed by atoms with Crippen molar-refractivity contribution >= 4 is 22.7 Å². The van der Waals surface area contributed by atoms with Gasteiger partial charge in [0.25, 0.3) is 5.91 Å². The molecule has 3 heterocycles. The molecule has 0 aliphatic carbocycles. The minimum absolute atomic E-state index is 0.0506. The largest absolute Gasteiger partial charge is 0.497 e. The third-order valence-corrected chi connectivity index (χ3v) is 4.54. The van der Waals surface area contributed by atoms with Crippen LogP contribution < -0.4 is 15.4 Å². The van der Waals surface area contributed by atoms with Crippen LogP contribution in [0.1, 0.15) is 5.56 Å². The van der Waals surface area contributed by atoms with E-state index in [9.17, 15) is 14.7 Å². The maximum absolute atomic E-state index is 12.5. The number of amides is 3. The Morgan fingerprint density at radius 3 is 2.79 bits per heavy atom. The Balaban J connectivity index is 1.76. The number of aryl methyl sites for hydroxylation is 1. The van der Waals surface area contributed by atoms with Gasteiger partial charge in [0.15, 0.2) is 5.88 Å². The smallest absolute Gasteiger partial charge is 0.323 e. The Morgan fingerprint density at radius 2 is 2.14 bits per heavy atom. The number of rotatable bonds is 3. The Kier molecular flexibility index (Phi) is 3.96. The first kappa shape index (κ1) is 17.5. The number of aromatic nitrogens is 3. The second-order valence-electron chi connectivity index (χ2n) is 6.50. The molecule has 0 saturated carbocycles. The number of imide groups is 1. The Hall–Kier alpha value is -3.93. The topological polar surface area (TPSA) is 110 Å². The van der Waals surface area contributed by atoms with Crippen molar-refractivity contribution in [1.29, 1.82) is 0 Å². The van der Waals surface area contributed by atoms with E-state index in [1.165, 1.54) is 11.7 Å². The second-order valence-corrected chi connectivity index (χ2v) is 6.50. The highest BCUT2D eigenvalue weighted by Crippen LogP contribution is 2.31. The fourth-order valence-electron chi connectivity index (χ4n) is 3.12. The summed E-state index contributed by atoms with van der Waals surface area (Å²) >= 11 is 0. The van der Waals surface area contributed by atoms with E-state index in [1.807, 2.05) is 0 Å². The molecule has 28 heavy (non-hydrogen) atoms. The average molecular weight is 379 g/mol. The number of nitrogens with zero attached hydrogens (tertiary/aromatic N) is 3. The fourth-order valence-corrected chi connectivity index (χ4v) is 3.12. The van der Waals surface area contributed by atoms with Crippen LogP contribution in [0.5, 0.6) is 11.6 Å². The van der Waals surface area contributed by atoms with Gasteiger partial charge in [0.05, 0.1) is 25.4 Å². The lowest BCUT2D eigenvalue weighted by atomic mass is 10.00. The third-order valence-electron chi connectivity index (χ3n) is 4.54. The molecule has 1 aliphatic heterocycles. The zero-order valence-corrected chi connectivity index (χ0v) is 15.2. The number of methoxy groups -OCH3 is 1. The quantitative estimate of drug-likeness (QED) is 0.459. The van der Waals surface area contributed by atoms with E-state index in [4.69, 9.17) is 4.74 Å². The average Bonchev–Trinajstić information content (AvgIpc) is 3.30. The van der Waals surface area contributed by atoms with E-state index in [-0.39, 0.29) is 12.4 Å². The summed E-state index contributed by atoms with van der Waals surface area (Å²) in [5, 5.41) is 20.8. The molecule has 9 heteroatoms. The maximum Gasteiger partial charge on any atom is 0.323 e. The molecule has 142 valence electrons. The lowest BCUT2D eigenvalue weighted by molar-refractivity contribution is -0.122. The van der Waals surface area contributed by atoms with Crippen molar-refractivity contribution in [2.24, 2.45) is 7.05 Å². The van der Waals surface area contributed by atoms with E-state index in [0.717, 1.165) is 5.39 Å². The maximum atomic E-state index is 12.5. The summed E-state index contributed by atoms with van der Waals surface area (Å²) in [6, 6.07) is 4.63. The molecule has 1 aliphatic rings. The van der Waals surface area contributed by atoms with Crippen LogP contribution in [0, 0.1) is 11.8 Å². The summed E-state index contributed by atoms with van der Waals surface area (Å²) in [5.74, 6) is 5.68. The van der Waals surface area contributed by atoms with Crippen LogP contribution in [0.25, 0.3) is 10.8 Å². The van der Waals surface area contributed by atoms with Gasteiger partial charge in [-0.1, -0.05) is 11.8 Å². The van der Waals surface area contributed by atoms with Crippen LogP contribution in [-0.2, 0) is 18.4 Å². The number of hydrogen-bond acceptors (Lipinski definition) is 5. The van der Waals surface area contributed by atoms with Crippen LogP contribution in [0.3, 0.4) is 0 Å². The van der Waals surface area contributed by atoms with Crippen molar-refractivity contribution in [1.82, 2.24) is 25.0 Å². The van der Waals surface area contributed by atoms with Crippen molar-refractivity contribution in [3.05, 3.63) is 42.4 Å². The SMILES string of the molecule is COc1ccc2cn(C[C@@]3(C#Cc4cnn(C)c4)NC(=O)NC3=O)c(O)c2c1. The standard InChI is InChI=1S/C19H17N5O4/c1-23-9-12(8-20-23)5-6-19(17(26)21-18(27)22-19)11-24-10-13-3-4-14(28-2)7-15(13)16(24)25/h3-4,7-10,25H,11H2,1-2H3,(H2,21,22,26,27)/t19-/m1/s1. The lowest BCUT2D eigenvalue weighted by Gasteiger charge is -2.20. The zero-order valence-electron chi connectivity index (χ0n) is 15.2. The number of ether oxygens (including phenoxy) is 1. The zero-order chi connectivity index (χ0) is 19.9. The van der Waals surface area contributed by atoms with E-state index < -0.39 is 17.5 Å². The van der Waals surface area contributed by atoms with Crippen LogP contribution in [0.4, 0.5) is 4.79 Å². The van der Waals surface area contributed by atoms with Crippen LogP contribution in [-0.4, -0.2) is 44.0 Å². The molecule has 2 aromatic heterocycles. The van der Waals surface area contributed by atoms with Crippen molar-refractivity contribution in [2.75, 3.05) is 7.11 Å². The van der Waals surface area contributed by atoms with Crippen molar-refractivity contribution in [2.45, 2.75) is 12.1 Å². The van der Waals surface area contributed by atoms with E-state index in [2.05, 4.69) is 27.6 Å². The molecule has 3 amide bonds. The lowest BCUT2D eigenvalue weighted by Crippen LogP contribution is -2.49. The fraction of sp³-hybridized carbons (Fsp3) is 0.211. The molecule has 0 unspecified atom stereocenters. The van der Waals surface area contributed by atoms with Crippen molar-refractivity contribution in [3.63, 3.8) is 0 Å². The van der Waals surface area contributed by atoms with Gasteiger partial charge in [-0.15, -0.1) is 0 Å². The molecule has 1 aromatic carbocycles. The van der Waals surface area contributed by atoms with Crippen LogP contribution in [0.2, 0.25) is 0 Å². The number of carbonyl (C=O) groups is 2. The first-order valence-electron chi connectivity index (χ1n) is 8.41. The summed E-state index contributed by atoms with van der Waals surface area (Å²) < 4.78 is 8.25. The summed E-state index contributed by atoms with van der Waals surface area (Å²) in [5.41, 5.74) is -0.925. The minimum Gasteiger partial charge on any atom is -0.497 e. The monoisotopic (exact) mass is 379 g/mol. The van der Waals surface area contributed by atoms with Gasteiger partial charge in [-0.25, -0.2) is 4.79 Å². The number of nitrogens with one attached hydrogen (secondary N) is 2. The number of carbonyl (C=O) groups excluding carboxylic acids is 2. The van der Waals surface area contributed by atoms with E-state index >= 15 is 0 Å². The molecule has 3 aromatic rings. The molecule has 0 bridgehead atoms. The molecule has 0 radical (unpaired) electrons. The molecule has 4 rings (SSSR count). The van der Waals surface area contributed by atoms with Gasteiger partial charge in [0.1, 0.15) is 5.75 Å². The number of fused-ring (bicyclic) bond motifs is 1. The molecule has 3 N–H and O–H groups in total. The predicted octanol–water partition coefficient (Wildman–Crippen LogP) is 0.719. The van der Waals surface area contributed by atoms with Gasteiger partial charge in [0.2, 0.25) is 5.54 Å². The van der Waals surface area contributed by atoms with Crippen molar-refractivity contribution < 1.29 is 19.4 Å². The molecule has 1 fully saturated rings.